The Kier molecular flexibility index (Phi) is 5.42. The average molecular weight is 335 g/mol. The number of hydrogen-bond donors (Lipinski definition) is 3. The molecule has 23 heavy (non-hydrogen) atoms. The molecular formula is C15H14FN3O3S. The van der Waals surface area contributed by atoms with E-state index in [0.717, 1.165) is 10.9 Å². The van der Waals surface area contributed by atoms with Crippen LogP contribution in [0.3, 0.4) is 0 Å². The summed E-state index contributed by atoms with van der Waals surface area (Å²) in [5, 5.41) is 2.42. The van der Waals surface area contributed by atoms with Crippen LogP contribution in [0, 0.1) is 12.7 Å². The summed E-state index contributed by atoms with van der Waals surface area (Å²) in [6, 6.07) is 8.84. The van der Waals surface area contributed by atoms with Crippen molar-refractivity contribution in [1.82, 2.24) is 16.2 Å². The van der Waals surface area contributed by atoms with Crippen molar-refractivity contribution < 1.29 is 18.8 Å². The highest BCUT2D eigenvalue weighted by Crippen LogP contribution is 2.14. The van der Waals surface area contributed by atoms with Gasteiger partial charge in [0.25, 0.3) is 17.7 Å². The second-order valence-electron chi connectivity index (χ2n) is 4.58. The first-order valence-electron chi connectivity index (χ1n) is 6.65. The van der Waals surface area contributed by atoms with Gasteiger partial charge in [0, 0.05) is 4.88 Å². The summed E-state index contributed by atoms with van der Waals surface area (Å²) < 4.78 is 13.4. The SMILES string of the molecule is Cc1ccc(C(=O)NCC(=O)NNC(=O)c2ccccc2F)s1. The smallest absolute Gasteiger partial charge is 0.272 e. The number of benzene rings is 1. The second kappa shape index (κ2) is 7.50. The van der Waals surface area contributed by atoms with Gasteiger partial charge in [0.15, 0.2) is 0 Å². The lowest BCUT2D eigenvalue weighted by Crippen LogP contribution is -2.46. The largest absolute Gasteiger partial charge is 0.342 e. The maximum atomic E-state index is 13.4. The quantitative estimate of drug-likeness (QED) is 0.738. The molecular weight excluding hydrogens is 321 g/mol. The van der Waals surface area contributed by atoms with Crippen LogP contribution in [-0.4, -0.2) is 24.3 Å². The van der Waals surface area contributed by atoms with Crippen LogP contribution >= 0.6 is 11.3 Å². The van der Waals surface area contributed by atoms with Crippen molar-refractivity contribution >= 4 is 29.1 Å². The Balaban J connectivity index is 1.78. The van der Waals surface area contributed by atoms with E-state index in [-0.39, 0.29) is 18.0 Å². The molecule has 0 radical (unpaired) electrons. The monoisotopic (exact) mass is 335 g/mol. The Bertz CT molecular complexity index is 745. The minimum absolute atomic E-state index is 0.189. The van der Waals surface area contributed by atoms with Gasteiger partial charge in [-0.2, -0.15) is 0 Å². The molecule has 1 aromatic heterocycles. The standard InChI is InChI=1S/C15H14FN3O3S/c1-9-6-7-12(23-9)15(22)17-8-13(20)18-19-14(21)10-4-2-3-5-11(10)16/h2-7H,8H2,1H3,(H,17,22)(H,18,20)(H,19,21). The molecule has 0 bridgehead atoms. The molecule has 1 aromatic carbocycles. The number of aryl methyl sites for hydroxylation is 1. The van der Waals surface area contributed by atoms with E-state index in [2.05, 4.69) is 16.2 Å². The number of carbonyl (C=O) groups excluding carboxylic acids is 3. The molecule has 0 fully saturated rings. The summed E-state index contributed by atoms with van der Waals surface area (Å²) in [4.78, 5) is 36.5. The first-order valence-corrected chi connectivity index (χ1v) is 7.47. The lowest BCUT2D eigenvalue weighted by molar-refractivity contribution is -0.120. The first kappa shape index (κ1) is 16.6. The summed E-state index contributed by atoms with van der Waals surface area (Å²) >= 11 is 1.31. The highest BCUT2D eigenvalue weighted by molar-refractivity contribution is 7.13. The Morgan fingerprint density at radius 2 is 1.78 bits per heavy atom. The summed E-state index contributed by atoms with van der Waals surface area (Å²) in [6.07, 6.45) is 0. The van der Waals surface area contributed by atoms with Gasteiger partial charge in [-0.05, 0) is 31.2 Å². The third kappa shape index (κ3) is 4.62. The van der Waals surface area contributed by atoms with Crippen molar-refractivity contribution in [3.8, 4) is 0 Å². The van der Waals surface area contributed by atoms with Gasteiger partial charge in [-0.1, -0.05) is 12.1 Å². The van der Waals surface area contributed by atoms with Crippen LogP contribution in [0.1, 0.15) is 24.9 Å². The molecule has 2 rings (SSSR count). The van der Waals surface area contributed by atoms with Crippen molar-refractivity contribution in [3.05, 3.63) is 57.5 Å². The van der Waals surface area contributed by atoms with E-state index < -0.39 is 17.6 Å². The predicted molar refractivity (Wildman–Crippen MR) is 83.4 cm³/mol. The van der Waals surface area contributed by atoms with Gasteiger partial charge in [0.05, 0.1) is 17.0 Å². The molecule has 0 unspecified atom stereocenters. The maximum Gasteiger partial charge on any atom is 0.272 e. The molecule has 3 N–H and O–H groups in total. The van der Waals surface area contributed by atoms with Crippen LogP contribution in [0.2, 0.25) is 0 Å². The summed E-state index contributed by atoms with van der Waals surface area (Å²) in [5.74, 6) is -2.48. The van der Waals surface area contributed by atoms with Crippen LogP contribution < -0.4 is 16.2 Å². The molecule has 3 amide bonds. The number of hydrazine groups is 1. The van der Waals surface area contributed by atoms with Gasteiger partial charge in [-0.3, -0.25) is 25.2 Å². The minimum atomic E-state index is -0.781. The average Bonchev–Trinajstić information content (AvgIpc) is 2.97. The molecule has 6 nitrogen and oxygen atoms in total. The number of carbonyl (C=O) groups is 3. The van der Waals surface area contributed by atoms with E-state index in [1.807, 2.05) is 6.92 Å². The number of amides is 3. The first-order chi connectivity index (χ1) is 11.0. The molecule has 1 heterocycles. The number of hydrogen-bond acceptors (Lipinski definition) is 4. The van der Waals surface area contributed by atoms with Crippen LogP contribution in [0.4, 0.5) is 4.39 Å². The molecule has 0 aliphatic heterocycles. The van der Waals surface area contributed by atoms with Gasteiger partial charge in [-0.25, -0.2) is 4.39 Å². The van der Waals surface area contributed by atoms with Gasteiger partial charge < -0.3 is 5.32 Å². The van der Waals surface area contributed by atoms with E-state index in [1.165, 1.54) is 29.5 Å². The van der Waals surface area contributed by atoms with Gasteiger partial charge >= 0.3 is 0 Å². The third-order valence-electron chi connectivity index (χ3n) is 2.81. The normalized spacial score (nSPS) is 10.0. The molecule has 120 valence electrons. The van der Waals surface area contributed by atoms with Crippen molar-refractivity contribution in [1.29, 1.82) is 0 Å². The summed E-state index contributed by atoms with van der Waals surface area (Å²) in [5.41, 5.74) is 3.99. The Morgan fingerprint density at radius 3 is 2.43 bits per heavy atom. The second-order valence-corrected chi connectivity index (χ2v) is 5.86. The van der Waals surface area contributed by atoms with Gasteiger partial charge in [0.1, 0.15) is 5.82 Å². The zero-order valence-electron chi connectivity index (χ0n) is 12.2. The molecule has 0 spiro atoms. The summed E-state index contributed by atoms with van der Waals surface area (Å²) in [7, 11) is 0. The fourth-order valence-electron chi connectivity index (χ4n) is 1.69. The van der Waals surface area contributed by atoms with Crippen molar-refractivity contribution in [2.24, 2.45) is 0 Å². The lowest BCUT2D eigenvalue weighted by Gasteiger charge is -2.08. The molecule has 0 saturated heterocycles. The fourth-order valence-corrected chi connectivity index (χ4v) is 2.47. The van der Waals surface area contributed by atoms with Crippen LogP contribution in [0.25, 0.3) is 0 Å². The van der Waals surface area contributed by atoms with Crippen LogP contribution in [0.5, 0.6) is 0 Å². The molecule has 0 aliphatic carbocycles. The highest BCUT2D eigenvalue weighted by atomic mass is 32.1. The maximum absolute atomic E-state index is 13.4. The van der Waals surface area contributed by atoms with E-state index in [9.17, 15) is 18.8 Å². The van der Waals surface area contributed by atoms with Crippen LogP contribution in [-0.2, 0) is 4.79 Å². The molecule has 0 aliphatic rings. The Hall–Kier alpha value is -2.74. The molecule has 2 aromatic rings. The van der Waals surface area contributed by atoms with Crippen molar-refractivity contribution in [2.75, 3.05) is 6.54 Å². The molecule has 0 saturated carbocycles. The van der Waals surface area contributed by atoms with Crippen LogP contribution in [0.15, 0.2) is 36.4 Å². The number of rotatable bonds is 4. The minimum Gasteiger partial charge on any atom is -0.342 e. The highest BCUT2D eigenvalue weighted by Gasteiger charge is 2.13. The van der Waals surface area contributed by atoms with E-state index in [1.54, 1.807) is 12.1 Å². The Morgan fingerprint density at radius 1 is 1.04 bits per heavy atom. The zero-order valence-corrected chi connectivity index (χ0v) is 13.0. The van der Waals surface area contributed by atoms with Crippen molar-refractivity contribution in [3.63, 3.8) is 0 Å². The summed E-state index contributed by atoms with van der Waals surface area (Å²) in [6.45, 7) is 1.56. The molecule has 0 atom stereocenters. The van der Waals surface area contributed by atoms with E-state index >= 15 is 0 Å². The Labute approximate surface area is 135 Å². The van der Waals surface area contributed by atoms with Crippen molar-refractivity contribution in [2.45, 2.75) is 6.92 Å². The van der Waals surface area contributed by atoms with Gasteiger partial charge in [0.2, 0.25) is 0 Å². The lowest BCUT2D eigenvalue weighted by atomic mass is 10.2. The topological polar surface area (TPSA) is 87.3 Å². The fraction of sp³-hybridized carbons (Fsp3) is 0.133. The zero-order chi connectivity index (χ0) is 16.8. The number of thiophene rings is 1. The van der Waals surface area contributed by atoms with E-state index in [0.29, 0.717) is 4.88 Å². The van der Waals surface area contributed by atoms with Gasteiger partial charge in [-0.15, -0.1) is 11.3 Å². The predicted octanol–water partition coefficient (Wildman–Crippen LogP) is 1.39. The number of halogens is 1. The van der Waals surface area contributed by atoms with E-state index in [4.69, 9.17) is 0 Å². The molecule has 8 heteroatoms. The number of nitrogens with one attached hydrogen (secondary N) is 3. The third-order valence-corrected chi connectivity index (χ3v) is 3.81.